The van der Waals surface area contributed by atoms with E-state index in [2.05, 4.69) is 16.4 Å². The van der Waals surface area contributed by atoms with Gasteiger partial charge < -0.3 is 10.3 Å². The third-order valence-corrected chi connectivity index (χ3v) is 3.36. The van der Waals surface area contributed by atoms with E-state index in [0.717, 1.165) is 16.5 Å². The van der Waals surface area contributed by atoms with Crippen LogP contribution in [0.1, 0.15) is 5.56 Å². The minimum atomic E-state index is -0.298. The molecule has 2 nitrogen and oxygen atoms in total. The van der Waals surface area contributed by atoms with Crippen LogP contribution in [0.15, 0.2) is 48.7 Å². The number of rotatable bonds is 3. The Morgan fingerprint density at radius 1 is 1.11 bits per heavy atom. The predicted octanol–water partition coefficient (Wildman–Crippen LogP) is 4.57. The van der Waals surface area contributed by atoms with E-state index in [-0.39, 0.29) is 5.82 Å². The Morgan fingerprint density at radius 3 is 2.89 bits per heavy atom. The second-order valence-electron chi connectivity index (χ2n) is 4.38. The molecule has 3 rings (SSSR count). The standard InChI is InChI=1S/C15H12ClFN2/c16-13-3-2-12(17)8-15(13)19-9-10-1-4-14-11(7-10)5-6-18-14/h1-8,18-19H,9H2. The van der Waals surface area contributed by atoms with Crippen molar-refractivity contribution in [3.8, 4) is 0 Å². The van der Waals surface area contributed by atoms with Crippen LogP contribution >= 0.6 is 11.6 Å². The van der Waals surface area contributed by atoms with Crippen molar-refractivity contribution in [2.75, 3.05) is 5.32 Å². The molecule has 0 radical (unpaired) electrons. The Kier molecular flexibility index (Phi) is 3.13. The van der Waals surface area contributed by atoms with Gasteiger partial charge >= 0.3 is 0 Å². The first kappa shape index (κ1) is 12.1. The number of fused-ring (bicyclic) bond motifs is 1. The van der Waals surface area contributed by atoms with E-state index in [1.807, 2.05) is 24.4 Å². The van der Waals surface area contributed by atoms with Gasteiger partial charge in [0.25, 0.3) is 0 Å². The number of aromatic nitrogens is 1. The van der Waals surface area contributed by atoms with Crippen molar-refractivity contribution in [3.05, 3.63) is 65.1 Å². The number of nitrogens with one attached hydrogen (secondary N) is 2. The summed E-state index contributed by atoms with van der Waals surface area (Å²) in [6, 6.07) is 12.5. The number of aromatic amines is 1. The van der Waals surface area contributed by atoms with E-state index < -0.39 is 0 Å². The molecule has 0 atom stereocenters. The fourth-order valence-corrected chi connectivity index (χ4v) is 2.23. The quantitative estimate of drug-likeness (QED) is 0.719. The SMILES string of the molecule is Fc1ccc(Cl)c(NCc2ccc3[nH]ccc3c2)c1. The minimum Gasteiger partial charge on any atom is -0.380 e. The van der Waals surface area contributed by atoms with E-state index in [1.54, 1.807) is 6.07 Å². The van der Waals surface area contributed by atoms with Crippen molar-refractivity contribution in [1.82, 2.24) is 4.98 Å². The van der Waals surface area contributed by atoms with Crippen molar-refractivity contribution < 1.29 is 4.39 Å². The number of anilines is 1. The first-order valence-corrected chi connectivity index (χ1v) is 6.35. The van der Waals surface area contributed by atoms with E-state index >= 15 is 0 Å². The molecule has 1 aromatic heterocycles. The van der Waals surface area contributed by atoms with E-state index in [9.17, 15) is 4.39 Å². The Bertz CT molecular complexity index is 721. The number of halogens is 2. The predicted molar refractivity (Wildman–Crippen MR) is 77.0 cm³/mol. The molecule has 0 unspecified atom stereocenters. The van der Waals surface area contributed by atoms with Crippen molar-refractivity contribution in [2.24, 2.45) is 0 Å². The first-order valence-electron chi connectivity index (χ1n) is 5.97. The van der Waals surface area contributed by atoms with Crippen LogP contribution in [-0.4, -0.2) is 4.98 Å². The van der Waals surface area contributed by atoms with Crippen LogP contribution in [0, 0.1) is 5.82 Å². The van der Waals surface area contributed by atoms with E-state index in [0.29, 0.717) is 17.3 Å². The molecule has 2 aromatic carbocycles. The van der Waals surface area contributed by atoms with Gasteiger partial charge in [0.15, 0.2) is 0 Å². The smallest absolute Gasteiger partial charge is 0.125 e. The Morgan fingerprint density at radius 2 is 2.00 bits per heavy atom. The molecular formula is C15H12ClFN2. The van der Waals surface area contributed by atoms with Crippen LogP contribution in [0.25, 0.3) is 10.9 Å². The monoisotopic (exact) mass is 274 g/mol. The van der Waals surface area contributed by atoms with Gasteiger partial charge in [-0.05, 0) is 47.3 Å². The van der Waals surface area contributed by atoms with Crippen molar-refractivity contribution in [1.29, 1.82) is 0 Å². The van der Waals surface area contributed by atoms with Gasteiger partial charge in [0.2, 0.25) is 0 Å². The summed E-state index contributed by atoms with van der Waals surface area (Å²) in [5.41, 5.74) is 2.83. The average molecular weight is 275 g/mol. The fourth-order valence-electron chi connectivity index (χ4n) is 2.04. The molecule has 0 bridgehead atoms. The highest BCUT2D eigenvalue weighted by molar-refractivity contribution is 6.33. The molecule has 1 heterocycles. The zero-order valence-electron chi connectivity index (χ0n) is 10.1. The third kappa shape index (κ3) is 2.56. The van der Waals surface area contributed by atoms with E-state index in [4.69, 9.17) is 11.6 Å². The summed E-state index contributed by atoms with van der Waals surface area (Å²) >= 11 is 6.01. The highest BCUT2D eigenvalue weighted by Crippen LogP contribution is 2.23. The molecule has 0 saturated heterocycles. The van der Waals surface area contributed by atoms with Gasteiger partial charge in [-0.25, -0.2) is 4.39 Å². The van der Waals surface area contributed by atoms with Gasteiger partial charge in [-0.2, -0.15) is 0 Å². The molecule has 96 valence electrons. The lowest BCUT2D eigenvalue weighted by Crippen LogP contribution is -2.00. The largest absolute Gasteiger partial charge is 0.380 e. The lowest BCUT2D eigenvalue weighted by atomic mass is 10.1. The summed E-state index contributed by atoms with van der Waals surface area (Å²) in [5, 5.41) is 4.82. The topological polar surface area (TPSA) is 27.8 Å². The van der Waals surface area contributed by atoms with E-state index in [1.165, 1.54) is 12.1 Å². The van der Waals surface area contributed by atoms with Crippen LogP contribution < -0.4 is 5.32 Å². The average Bonchev–Trinajstić information content (AvgIpc) is 2.87. The summed E-state index contributed by atoms with van der Waals surface area (Å²) < 4.78 is 13.1. The molecule has 2 N–H and O–H groups in total. The first-order chi connectivity index (χ1) is 9.22. The van der Waals surface area contributed by atoms with Crippen LogP contribution in [0.3, 0.4) is 0 Å². The highest BCUT2D eigenvalue weighted by Gasteiger charge is 2.02. The highest BCUT2D eigenvalue weighted by atomic mass is 35.5. The Labute approximate surface area is 115 Å². The molecule has 0 aliphatic heterocycles. The molecule has 0 saturated carbocycles. The summed E-state index contributed by atoms with van der Waals surface area (Å²) in [4.78, 5) is 3.15. The molecule has 0 aliphatic carbocycles. The Balaban J connectivity index is 1.79. The van der Waals surface area contributed by atoms with Crippen molar-refractivity contribution in [3.63, 3.8) is 0 Å². The van der Waals surface area contributed by atoms with Crippen molar-refractivity contribution >= 4 is 28.2 Å². The Hall–Kier alpha value is -2.00. The molecule has 0 fully saturated rings. The maximum atomic E-state index is 13.1. The van der Waals surface area contributed by atoms with Crippen molar-refractivity contribution in [2.45, 2.75) is 6.54 Å². The summed E-state index contributed by atoms with van der Waals surface area (Å²) in [6.45, 7) is 0.601. The van der Waals surface area contributed by atoms with Crippen LogP contribution in [0.5, 0.6) is 0 Å². The van der Waals surface area contributed by atoms with Gasteiger partial charge in [0.1, 0.15) is 5.82 Å². The van der Waals surface area contributed by atoms with Gasteiger partial charge in [-0.3, -0.25) is 0 Å². The van der Waals surface area contributed by atoms with Crippen LogP contribution in [0.4, 0.5) is 10.1 Å². The number of benzene rings is 2. The molecule has 4 heteroatoms. The molecule has 3 aromatic rings. The summed E-state index contributed by atoms with van der Waals surface area (Å²) in [6.07, 6.45) is 1.91. The summed E-state index contributed by atoms with van der Waals surface area (Å²) in [5.74, 6) is -0.298. The fraction of sp³-hybridized carbons (Fsp3) is 0.0667. The van der Waals surface area contributed by atoms with Gasteiger partial charge in [0, 0.05) is 18.3 Å². The van der Waals surface area contributed by atoms with Crippen LogP contribution in [0.2, 0.25) is 5.02 Å². The second-order valence-corrected chi connectivity index (χ2v) is 4.78. The molecule has 19 heavy (non-hydrogen) atoms. The molecular weight excluding hydrogens is 263 g/mol. The molecule has 0 spiro atoms. The maximum Gasteiger partial charge on any atom is 0.125 e. The minimum absolute atomic E-state index is 0.298. The number of H-pyrrole nitrogens is 1. The molecule has 0 amide bonds. The summed E-state index contributed by atoms with van der Waals surface area (Å²) in [7, 11) is 0. The van der Waals surface area contributed by atoms with Gasteiger partial charge in [0.05, 0.1) is 10.7 Å². The lowest BCUT2D eigenvalue weighted by Gasteiger charge is -2.08. The van der Waals surface area contributed by atoms with Gasteiger partial charge in [-0.1, -0.05) is 17.7 Å². The molecule has 0 aliphatic rings. The lowest BCUT2D eigenvalue weighted by molar-refractivity contribution is 0.628. The number of hydrogen-bond donors (Lipinski definition) is 2. The third-order valence-electron chi connectivity index (χ3n) is 3.03. The van der Waals surface area contributed by atoms with Crippen LogP contribution in [-0.2, 0) is 6.54 Å². The zero-order chi connectivity index (χ0) is 13.2. The maximum absolute atomic E-state index is 13.1. The van der Waals surface area contributed by atoms with Gasteiger partial charge in [-0.15, -0.1) is 0 Å². The normalized spacial score (nSPS) is 10.8. The number of hydrogen-bond acceptors (Lipinski definition) is 1. The zero-order valence-corrected chi connectivity index (χ0v) is 10.8. The second kappa shape index (κ2) is 4.94.